The van der Waals surface area contributed by atoms with Crippen molar-refractivity contribution in [1.82, 2.24) is 0 Å². The van der Waals surface area contributed by atoms with Crippen LogP contribution >= 0.6 is 23.2 Å². The number of benzene rings is 3. The van der Waals surface area contributed by atoms with Crippen LogP contribution in [0.15, 0.2) is 71.6 Å². The van der Waals surface area contributed by atoms with Crippen LogP contribution in [-0.4, -0.2) is 13.5 Å². The lowest BCUT2D eigenvalue weighted by Gasteiger charge is -2.12. The molecular weight excluding hydrogens is 409 g/mol. The van der Waals surface area contributed by atoms with Crippen molar-refractivity contribution in [1.29, 1.82) is 0 Å². The van der Waals surface area contributed by atoms with Crippen molar-refractivity contribution in [3.63, 3.8) is 0 Å². The van der Waals surface area contributed by atoms with Crippen LogP contribution < -0.4 is 9.46 Å². The lowest BCUT2D eigenvalue weighted by atomic mass is 10.2. The molecule has 0 amide bonds. The molecule has 0 aromatic heterocycles. The van der Waals surface area contributed by atoms with Crippen LogP contribution in [-0.2, 0) is 16.6 Å². The highest BCUT2D eigenvalue weighted by atomic mass is 35.5. The third-order valence-corrected chi connectivity index (χ3v) is 5.54. The molecule has 5 nitrogen and oxygen atoms in total. The maximum atomic E-state index is 12.5. The number of aromatic hydroxyl groups is 1. The van der Waals surface area contributed by atoms with Gasteiger partial charge in [-0.2, -0.15) is 0 Å². The Kier molecular flexibility index (Phi) is 5.79. The van der Waals surface area contributed by atoms with Crippen LogP contribution in [0.3, 0.4) is 0 Å². The van der Waals surface area contributed by atoms with Gasteiger partial charge in [-0.3, -0.25) is 4.72 Å². The molecule has 0 fully saturated rings. The Hall–Kier alpha value is -2.41. The highest BCUT2D eigenvalue weighted by Gasteiger charge is 2.21. The molecule has 8 heteroatoms. The fraction of sp³-hybridized carbons (Fsp3) is 0.0526. The van der Waals surface area contributed by atoms with Crippen molar-refractivity contribution in [2.75, 3.05) is 4.72 Å². The Morgan fingerprint density at radius 3 is 2.30 bits per heavy atom. The summed E-state index contributed by atoms with van der Waals surface area (Å²) in [4.78, 5) is -0.399. The highest BCUT2D eigenvalue weighted by Crippen LogP contribution is 2.35. The van der Waals surface area contributed by atoms with Crippen LogP contribution in [0.2, 0.25) is 10.0 Å². The van der Waals surface area contributed by atoms with Gasteiger partial charge in [-0.1, -0.05) is 53.5 Å². The number of ether oxygens (including phenoxy) is 1. The molecule has 0 saturated heterocycles. The van der Waals surface area contributed by atoms with Gasteiger partial charge in [0.1, 0.15) is 17.3 Å². The monoisotopic (exact) mass is 423 g/mol. The largest absolute Gasteiger partial charge is 0.505 e. The minimum Gasteiger partial charge on any atom is -0.505 e. The van der Waals surface area contributed by atoms with Gasteiger partial charge in [0.05, 0.1) is 5.02 Å². The molecule has 3 aromatic carbocycles. The molecule has 0 unspecified atom stereocenters. The topological polar surface area (TPSA) is 75.6 Å². The summed E-state index contributed by atoms with van der Waals surface area (Å²) in [5.74, 6) is 0.0341. The molecule has 0 saturated carbocycles. The molecule has 0 spiro atoms. The fourth-order valence-corrected chi connectivity index (χ4v) is 4.13. The lowest BCUT2D eigenvalue weighted by molar-refractivity contribution is 0.306. The number of phenolic OH excluding ortho intramolecular Hbond substituents is 1. The molecular formula is C19H15Cl2NO4S. The Morgan fingerprint density at radius 2 is 1.63 bits per heavy atom. The van der Waals surface area contributed by atoms with Crippen LogP contribution in [0.25, 0.3) is 0 Å². The van der Waals surface area contributed by atoms with Gasteiger partial charge in [0.2, 0.25) is 0 Å². The van der Waals surface area contributed by atoms with E-state index in [0.29, 0.717) is 18.0 Å². The second kappa shape index (κ2) is 8.08. The molecule has 0 aliphatic carbocycles. The van der Waals surface area contributed by atoms with Gasteiger partial charge in [-0.25, -0.2) is 8.42 Å². The van der Waals surface area contributed by atoms with Crippen molar-refractivity contribution in [2.45, 2.75) is 11.5 Å². The normalized spacial score (nSPS) is 11.2. The Morgan fingerprint density at radius 1 is 0.963 bits per heavy atom. The van der Waals surface area contributed by atoms with Crippen LogP contribution in [0, 0.1) is 0 Å². The van der Waals surface area contributed by atoms with E-state index in [-0.39, 0.29) is 10.0 Å². The average Bonchev–Trinajstić information content (AvgIpc) is 2.64. The summed E-state index contributed by atoms with van der Waals surface area (Å²) < 4.78 is 33.0. The highest BCUT2D eigenvalue weighted by molar-refractivity contribution is 7.92. The van der Waals surface area contributed by atoms with Crippen LogP contribution in [0.4, 0.5) is 5.69 Å². The SMILES string of the molecule is O=S(=O)(Nc1ccc(OCc2ccccc2)cc1)c1cc(Cl)cc(Cl)c1O. The smallest absolute Gasteiger partial charge is 0.265 e. The molecule has 0 atom stereocenters. The van der Waals surface area contributed by atoms with E-state index >= 15 is 0 Å². The van der Waals surface area contributed by atoms with Crippen molar-refractivity contribution in [3.05, 3.63) is 82.3 Å². The molecule has 0 heterocycles. The van der Waals surface area contributed by atoms with E-state index in [4.69, 9.17) is 27.9 Å². The summed E-state index contributed by atoms with van der Waals surface area (Å²) in [6.07, 6.45) is 0. The molecule has 3 rings (SSSR count). The standard InChI is InChI=1S/C19H15Cl2NO4S/c20-14-10-17(21)19(23)18(11-14)27(24,25)22-15-6-8-16(9-7-15)26-12-13-4-2-1-3-5-13/h1-11,22-23H,12H2. The number of hydrogen-bond acceptors (Lipinski definition) is 4. The van der Waals surface area contributed by atoms with Crippen LogP contribution in [0.1, 0.15) is 5.56 Å². The van der Waals surface area contributed by atoms with E-state index in [1.165, 1.54) is 6.07 Å². The first-order valence-electron chi connectivity index (χ1n) is 7.83. The first-order chi connectivity index (χ1) is 12.8. The molecule has 3 aromatic rings. The van der Waals surface area contributed by atoms with Crippen LogP contribution in [0.5, 0.6) is 11.5 Å². The summed E-state index contributed by atoms with van der Waals surface area (Å²) >= 11 is 11.6. The van der Waals surface area contributed by atoms with E-state index in [9.17, 15) is 13.5 Å². The summed E-state index contributed by atoms with van der Waals surface area (Å²) in [6.45, 7) is 0.404. The minimum atomic E-state index is -4.07. The molecule has 140 valence electrons. The fourth-order valence-electron chi connectivity index (χ4n) is 2.32. The van der Waals surface area contributed by atoms with Gasteiger partial charge in [-0.05, 0) is 42.0 Å². The van der Waals surface area contributed by atoms with E-state index in [1.807, 2.05) is 30.3 Å². The van der Waals surface area contributed by atoms with E-state index < -0.39 is 20.7 Å². The number of nitrogens with one attached hydrogen (secondary N) is 1. The first-order valence-corrected chi connectivity index (χ1v) is 10.1. The first kappa shape index (κ1) is 19.4. The maximum absolute atomic E-state index is 12.5. The van der Waals surface area contributed by atoms with Crippen molar-refractivity contribution in [2.24, 2.45) is 0 Å². The van der Waals surface area contributed by atoms with Gasteiger partial charge >= 0.3 is 0 Å². The maximum Gasteiger partial charge on any atom is 0.265 e. The predicted molar refractivity (Wildman–Crippen MR) is 106 cm³/mol. The number of anilines is 1. The number of rotatable bonds is 6. The molecule has 0 aliphatic rings. The summed E-state index contributed by atoms with van der Waals surface area (Å²) in [5, 5.41) is 9.88. The summed E-state index contributed by atoms with van der Waals surface area (Å²) in [6, 6.07) is 18.5. The van der Waals surface area contributed by atoms with E-state index in [1.54, 1.807) is 24.3 Å². The zero-order valence-corrected chi connectivity index (χ0v) is 16.2. The van der Waals surface area contributed by atoms with E-state index in [2.05, 4.69) is 4.72 Å². The van der Waals surface area contributed by atoms with Crippen molar-refractivity contribution in [3.8, 4) is 11.5 Å². The van der Waals surface area contributed by atoms with Gasteiger partial charge < -0.3 is 9.84 Å². The Labute approximate surface area is 167 Å². The number of phenols is 1. The van der Waals surface area contributed by atoms with E-state index in [0.717, 1.165) is 11.6 Å². The van der Waals surface area contributed by atoms with Gasteiger partial charge in [0.25, 0.3) is 10.0 Å². The predicted octanol–water partition coefficient (Wildman–Crippen LogP) is 5.08. The van der Waals surface area contributed by atoms with Crippen molar-refractivity contribution < 1.29 is 18.3 Å². The third kappa shape index (κ3) is 4.86. The Bertz CT molecular complexity index is 1040. The summed E-state index contributed by atoms with van der Waals surface area (Å²) in [5.41, 5.74) is 1.33. The molecule has 0 aliphatic heterocycles. The van der Waals surface area contributed by atoms with Gasteiger partial charge in [-0.15, -0.1) is 0 Å². The third-order valence-electron chi connectivity index (χ3n) is 3.64. The average molecular weight is 424 g/mol. The van der Waals surface area contributed by atoms with Gasteiger partial charge in [0.15, 0.2) is 5.75 Å². The molecule has 27 heavy (non-hydrogen) atoms. The van der Waals surface area contributed by atoms with Crippen molar-refractivity contribution >= 4 is 38.9 Å². The minimum absolute atomic E-state index is 0.0998. The quantitative estimate of drug-likeness (QED) is 0.579. The lowest BCUT2D eigenvalue weighted by Crippen LogP contribution is -2.13. The molecule has 0 bridgehead atoms. The Balaban J connectivity index is 1.72. The number of halogens is 2. The second-order valence-corrected chi connectivity index (χ2v) is 8.13. The second-order valence-electron chi connectivity index (χ2n) is 5.64. The van der Waals surface area contributed by atoms with Gasteiger partial charge in [0, 0.05) is 10.7 Å². The zero-order chi connectivity index (χ0) is 19.4. The zero-order valence-electron chi connectivity index (χ0n) is 13.9. The molecule has 0 radical (unpaired) electrons. The molecule has 2 N–H and O–H groups in total. The number of sulfonamides is 1. The number of hydrogen-bond donors (Lipinski definition) is 2. The summed E-state index contributed by atoms with van der Waals surface area (Å²) in [7, 11) is -4.07.